The first-order chi connectivity index (χ1) is 15.6. The van der Waals surface area contributed by atoms with Crippen molar-refractivity contribution in [1.82, 2.24) is 24.4 Å². The van der Waals surface area contributed by atoms with Gasteiger partial charge in [0.15, 0.2) is 0 Å². The highest BCUT2D eigenvalue weighted by Gasteiger charge is 2.25. The van der Waals surface area contributed by atoms with Crippen molar-refractivity contribution in [3.05, 3.63) is 52.5 Å². The lowest BCUT2D eigenvalue weighted by molar-refractivity contribution is 0.186. The molecular formula is C23H29N7O2. The number of ether oxygens (including phenoxy) is 1. The molecule has 1 aromatic carbocycles. The molecule has 5 rings (SSSR count). The maximum absolute atomic E-state index is 12.7. The number of nitrogens with zero attached hydrogens (tertiary/aromatic N) is 7. The van der Waals surface area contributed by atoms with Crippen LogP contribution in [0.15, 0.2) is 35.6 Å². The summed E-state index contributed by atoms with van der Waals surface area (Å²) in [5, 5.41) is 0.641. The average Bonchev–Trinajstić information content (AvgIpc) is 2.83. The van der Waals surface area contributed by atoms with Gasteiger partial charge in [0.2, 0.25) is 0 Å². The lowest BCUT2D eigenvalue weighted by Gasteiger charge is -2.38. The fraction of sp³-hybridized carbons (Fsp3) is 0.478. The third kappa shape index (κ3) is 3.93. The quantitative estimate of drug-likeness (QED) is 0.591. The Labute approximate surface area is 187 Å². The van der Waals surface area contributed by atoms with Gasteiger partial charge in [-0.2, -0.15) is 0 Å². The number of hydrogen-bond acceptors (Lipinski definition) is 8. The summed E-state index contributed by atoms with van der Waals surface area (Å²) in [6, 6.07) is 5.95. The standard InChI is InChI=1S/C23H29N7O2/c1-27-6-5-20-19(14-27)22(25-15-24-20)29-9-7-28(8-10-29)17-3-4-18-21(13-17)26-16-30(23(18)31)11-12-32-2/h3-4,13,15-16H,5-12,14H2,1-2H3. The molecule has 2 aliphatic heterocycles. The summed E-state index contributed by atoms with van der Waals surface area (Å²) in [7, 11) is 3.78. The first-order valence-electron chi connectivity index (χ1n) is 11.1. The van der Waals surface area contributed by atoms with E-state index in [2.05, 4.69) is 36.7 Å². The van der Waals surface area contributed by atoms with Gasteiger partial charge in [0, 0.05) is 64.0 Å². The summed E-state index contributed by atoms with van der Waals surface area (Å²) in [5.74, 6) is 1.08. The van der Waals surface area contributed by atoms with Crippen LogP contribution < -0.4 is 15.4 Å². The monoisotopic (exact) mass is 435 g/mol. The molecule has 4 heterocycles. The summed E-state index contributed by atoms with van der Waals surface area (Å²) in [4.78, 5) is 33.4. The SMILES string of the molecule is COCCn1cnc2cc(N3CCN(c4ncnc5c4CN(C)CC5)CC3)ccc2c1=O. The predicted molar refractivity (Wildman–Crippen MR) is 124 cm³/mol. The molecule has 1 fully saturated rings. The van der Waals surface area contributed by atoms with E-state index in [-0.39, 0.29) is 5.56 Å². The zero-order chi connectivity index (χ0) is 22.1. The Morgan fingerprint density at radius 1 is 1.03 bits per heavy atom. The minimum Gasteiger partial charge on any atom is -0.383 e. The molecule has 0 radical (unpaired) electrons. The molecule has 0 N–H and O–H groups in total. The van der Waals surface area contributed by atoms with Gasteiger partial charge in [0.05, 0.1) is 36.1 Å². The van der Waals surface area contributed by atoms with Crippen LogP contribution in [0.1, 0.15) is 11.3 Å². The van der Waals surface area contributed by atoms with E-state index in [1.165, 1.54) is 11.3 Å². The van der Waals surface area contributed by atoms with E-state index in [1.54, 1.807) is 24.3 Å². The van der Waals surface area contributed by atoms with Crippen LogP contribution in [0.5, 0.6) is 0 Å². The van der Waals surface area contributed by atoms with Crippen LogP contribution in [0.3, 0.4) is 0 Å². The van der Waals surface area contributed by atoms with Gasteiger partial charge in [-0.15, -0.1) is 0 Å². The highest BCUT2D eigenvalue weighted by atomic mass is 16.5. The van der Waals surface area contributed by atoms with Crippen molar-refractivity contribution >= 4 is 22.4 Å². The van der Waals surface area contributed by atoms with Gasteiger partial charge in [-0.05, 0) is 25.2 Å². The van der Waals surface area contributed by atoms with Crippen LogP contribution in [0.4, 0.5) is 11.5 Å². The zero-order valence-electron chi connectivity index (χ0n) is 18.7. The third-order valence-electron chi connectivity index (χ3n) is 6.46. The summed E-state index contributed by atoms with van der Waals surface area (Å²) < 4.78 is 6.68. The number of hydrogen-bond donors (Lipinski definition) is 0. The summed E-state index contributed by atoms with van der Waals surface area (Å²) in [5.41, 5.74) is 4.27. The van der Waals surface area contributed by atoms with Gasteiger partial charge < -0.3 is 19.4 Å². The Balaban J connectivity index is 1.32. The molecule has 168 valence electrons. The molecule has 9 heteroatoms. The number of benzene rings is 1. The molecule has 0 spiro atoms. The van der Waals surface area contributed by atoms with Crippen molar-refractivity contribution in [1.29, 1.82) is 0 Å². The van der Waals surface area contributed by atoms with Crippen molar-refractivity contribution < 1.29 is 4.74 Å². The van der Waals surface area contributed by atoms with E-state index in [4.69, 9.17) is 4.74 Å². The maximum Gasteiger partial charge on any atom is 0.261 e. The molecule has 9 nitrogen and oxygen atoms in total. The van der Waals surface area contributed by atoms with Gasteiger partial charge in [0.25, 0.3) is 5.56 Å². The predicted octanol–water partition coefficient (Wildman–Crippen LogP) is 1.15. The van der Waals surface area contributed by atoms with E-state index in [0.29, 0.717) is 18.5 Å². The number of fused-ring (bicyclic) bond motifs is 2. The van der Waals surface area contributed by atoms with Gasteiger partial charge in [0.1, 0.15) is 12.1 Å². The lowest BCUT2D eigenvalue weighted by atomic mass is 10.1. The molecule has 0 atom stereocenters. The number of rotatable bonds is 5. The van der Waals surface area contributed by atoms with Gasteiger partial charge in [-0.3, -0.25) is 9.36 Å². The fourth-order valence-corrected chi connectivity index (χ4v) is 4.60. The van der Waals surface area contributed by atoms with Crippen molar-refractivity contribution in [2.75, 3.05) is 63.3 Å². The Hall–Kier alpha value is -3.04. The summed E-state index contributed by atoms with van der Waals surface area (Å²) >= 11 is 0. The zero-order valence-corrected chi connectivity index (χ0v) is 18.7. The number of methoxy groups -OCH3 is 1. The van der Waals surface area contributed by atoms with Crippen LogP contribution in [0, 0.1) is 0 Å². The maximum atomic E-state index is 12.7. The highest BCUT2D eigenvalue weighted by molar-refractivity contribution is 5.81. The third-order valence-corrected chi connectivity index (χ3v) is 6.46. The minimum atomic E-state index is -0.0260. The second-order valence-electron chi connectivity index (χ2n) is 8.52. The van der Waals surface area contributed by atoms with Crippen molar-refractivity contribution in [2.24, 2.45) is 0 Å². The van der Waals surface area contributed by atoms with E-state index < -0.39 is 0 Å². The summed E-state index contributed by atoms with van der Waals surface area (Å²) in [6.45, 7) is 6.53. The highest BCUT2D eigenvalue weighted by Crippen LogP contribution is 2.27. The van der Waals surface area contributed by atoms with E-state index in [0.717, 1.165) is 62.7 Å². The average molecular weight is 436 g/mol. The molecule has 2 aromatic heterocycles. The lowest BCUT2D eigenvalue weighted by Crippen LogP contribution is -2.47. The topological polar surface area (TPSA) is 79.6 Å². The van der Waals surface area contributed by atoms with E-state index >= 15 is 0 Å². The smallest absolute Gasteiger partial charge is 0.261 e. The Morgan fingerprint density at radius 2 is 1.84 bits per heavy atom. The van der Waals surface area contributed by atoms with Crippen LogP contribution >= 0.6 is 0 Å². The summed E-state index contributed by atoms with van der Waals surface area (Å²) in [6.07, 6.45) is 4.31. The Kier molecular flexibility index (Phi) is 5.75. The first kappa shape index (κ1) is 20.8. The molecular weight excluding hydrogens is 406 g/mol. The fourth-order valence-electron chi connectivity index (χ4n) is 4.60. The molecule has 0 amide bonds. The molecule has 0 saturated carbocycles. The molecule has 3 aromatic rings. The second kappa shape index (κ2) is 8.84. The molecule has 1 saturated heterocycles. The molecule has 0 unspecified atom stereocenters. The number of aromatic nitrogens is 4. The normalized spacial score (nSPS) is 17.1. The molecule has 0 aliphatic carbocycles. The largest absolute Gasteiger partial charge is 0.383 e. The minimum absolute atomic E-state index is 0.0260. The Bertz CT molecular complexity index is 1170. The van der Waals surface area contributed by atoms with Crippen LogP contribution in [-0.2, 0) is 24.2 Å². The number of anilines is 2. The second-order valence-corrected chi connectivity index (χ2v) is 8.52. The molecule has 32 heavy (non-hydrogen) atoms. The Morgan fingerprint density at radius 3 is 2.66 bits per heavy atom. The van der Waals surface area contributed by atoms with Gasteiger partial charge >= 0.3 is 0 Å². The first-order valence-corrected chi connectivity index (χ1v) is 11.1. The van der Waals surface area contributed by atoms with Crippen molar-refractivity contribution in [3.8, 4) is 0 Å². The molecule has 0 bridgehead atoms. The van der Waals surface area contributed by atoms with Crippen molar-refractivity contribution in [2.45, 2.75) is 19.5 Å². The molecule has 2 aliphatic rings. The van der Waals surface area contributed by atoms with Crippen LogP contribution in [0.25, 0.3) is 10.9 Å². The number of piperazine rings is 1. The van der Waals surface area contributed by atoms with Gasteiger partial charge in [-0.25, -0.2) is 15.0 Å². The van der Waals surface area contributed by atoms with Crippen LogP contribution in [0.2, 0.25) is 0 Å². The van der Waals surface area contributed by atoms with Gasteiger partial charge in [-0.1, -0.05) is 0 Å². The number of likely N-dealkylation sites (N-methyl/N-ethyl adjacent to an activating group) is 1. The van der Waals surface area contributed by atoms with Crippen molar-refractivity contribution in [3.63, 3.8) is 0 Å². The van der Waals surface area contributed by atoms with E-state index in [9.17, 15) is 4.79 Å². The van der Waals surface area contributed by atoms with Crippen LogP contribution in [-0.4, -0.2) is 77.9 Å². The van der Waals surface area contributed by atoms with E-state index in [1.807, 2.05) is 18.2 Å².